The van der Waals surface area contributed by atoms with Gasteiger partial charge in [0.15, 0.2) is 0 Å². The molecule has 3 heteroatoms. The first kappa shape index (κ1) is 13.5. The van der Waals surface area contributed by atoms with Crippen molar-refractivity contribution in [2.45, 2.75) is 44.8 Å². The third kappa shape index (κ3) is 4.07. The van der Waals surface area contributed by atoms with Crippen LogP contribution in [-0.4, -0.2) is 34.7 Å². The number of rotatable bonds is 5. The summed E-state index contributed by atoms with van der Waals surface area (Å²) < 4.78 is 0. The molecule has 2 rings (SSSR count). The Balaban J connectivity index is 1.77. The van der Waals surface area contributed by atoms with E-state index in [4.69, 9.17) is 0 Å². The summed E-state index contributed by atoms with van der Waals surface area (Å²) in [7, 11) is 2.06. The molecule has 0 bridgehead atoms. The van der Waals surface area contributed by atoms with E-state index >= 15 is 0 Å². The van der Waals surface area contributed by atoms with Crippen molar-refractivity contribution in [3.8, 4) is 0 Å². The van der Waals surface area contributed by atoms with Crippen LogP contribution in [0.5, 0.6) is 0 Å². The van der Waals surface area contributed by atoms with Crippen molar-refractivity contribution < 1.29 is 5.11 Å². The van der Waals surface area contributed by atoms with Crippen LogP contribution >= 0.6 is 0 Å². The van der Waals surface area contributed by atoms with Crippen LogP contribution in [-0.2, 0) is 6.54 Å². The second-order valence-corrected chi connectivity index (χ2v) is 5.48. The summed E-state index contributed by atoms with van der Waals surface area (Å²) in [5, 5.41) is 10.3. The topological polar surface area (TPSA) is 36.4 Å². The Kier molecular flexibility index (Phi) is 5.14. The smallest absolute Gasteiger partial charge is 0.0695 e. The van der Waals surface area contributed by atoms with Crippen LogP contribution < -0.4 is 0 Å². The summed E-state index contributed by atoms with van der Waals surface area (Å²) in [6, 6.07) is 5.97. The Bertz CT molecular complexity index is 336. The number of likely N-dealkylation sites (N-methyl/N-ethyl adjacent to an activating group) is 1. The number of hydrogen-bond acceptors (Lipinski definition) is 3. The van der Waals surface area contributed by atoms with Gasteiger partial charge in [-0.15, -0.1) is 0 Å². The third-order valence-corrected chi connectivity index (χ3v) is 3.85. The van der Waals surface area contributed by atoms with Crippen LogP contribution in [0.15, 0.2) is 24.4 Å². The monoisotopic (exact) mass is 248 g/mol. The Morgan fingerprint density at radius 2 is 2.11 bits per heavy atom. The van der Waals surface area contributed by atoms with Gasteiger partial charge in [0.1, 0.15) is 0 Å². The van der Waals surface area contributed by atoms with E-state index in [1.165, 1.54) is 32.1 Å². The maximum Gasteiger partial charge on any atom is 0.0695 e. The van der Waals surface area contributed by atoms with Gasteiger partial charge in [-0.3, -0.25) is 9.88 Å². The molecule has 1 aromatic rings. The van der Waals surface area contributed by atoms with E-state index < -0.39 is 0 Å². The van der Waals surface area contributed by atoms with Crippen molar-refractivity contribution in [2.24, 2.45) is 5.92 Å². The quantitative estimate of drug-likeness (QED) is 0.869. The second kappa shape index (κ2) is 6.86. The van der Waals surface area contributed by atoms with Crippen LogP contribution in [0.2, 0.25) is 0 Å². The zero-order valence-corrected chi connectivity index (χ0v) is 11.3. The predicted octanol–water partition coefficient (Wildman–Crippen LogP) is 2.45. The summed E-state index contributed by atoms with van der Waals surface area (Å²) in [5.41, 5.74) is 1.07. The Morgan fingerprint density at radius 3 is 2.78 bits per heavy atom. The molecule has 18 heavy (non-hydrogen) atoms. The normalized spacial score (nSPS) is 19.1. The lowest BCUT2D eigenvalue weighted by molar-refractivity contribution is 0.0528. The first-order valence-electron chi connectivity index (χ1n) is 7.02. The van der Waals surface area contributed by atoms with Crippen molar-refractivity contribution in [2.75, 3.05) is 13.6 Å². The molecule has 1 aliphatic rings. The molecule has 0 spiro atoms. The van der Waals surface area contributed by atoms with Gasteiger partial charge >= 0.3 is 0 Å². The highest BCUT2D eigenvalue weighted by atomic mass is 16.3. The van der Waals surface area contributed by atoms with Gasteiger partial charge in [0.2, 0.25) is 0 Å². The minimum Gasteiger partial charge on any atom is -0.392 e. The second-order valence-electron chi connectivity index (χ2n) is 5.48. The first-order chi connectivity index (χ1) is 8.75. The van der Waals surface area contributed by atoms with E-state index in [1.807, 2.05) is 24.4 Å². The van der Waals surface area contributed by atoms with Gasteiger partial charge in [0, 0.05) is 19.3 Å². The van der Waals surface area contributed by atoms with Crippen LogP contribution in [0.3, 0.4) is 0 Å². The molecule has 0 saturated heterocycles. The Morgan fingerprint density at radius 1 is 1.33 bits per heavy atom. The number of hydrogen-bond donors (Lipinski definition) is 1. The average Bonchev–Trinajstić information content (AvgIpc) is 2.40. The fourth-order valence-corrected chi connectivity index (χ4v) is 2.82. The van der Waals surface area contributed by atoms with Crippen LogP contribution in [0.25, 0.3) is 0 Å². The minimum atomic E-state index is -0.181. The number of aliphatic hydroxyl groups excluding tert-OH is 1. The van der Waals surface area contributed by atoms with Crippen LogP contribution in [0, 0.1) is 5.92 Å². The van der Waals surface area contributed by atoms with Gasteiger partial charge in [-0.25, -0.2) is 0 Å². The van der Waals surface area contributed by atoms with Gasteiger partial charge in [0.25, 0.3) is 0 Å². The lowest BCUT2D eigenvalue weighted by Gasteiger charge is -2.29. The molecule has 0 amide bonds. The summed E-state index contributed by atoms with van der Waals surface area (Å²) >= 11 is 0. The number of nitrogens with zero attached hydrogens (tertiary/aromatic N) is 2. The van der Waals surface area contributed by atoms with E-state index in [1.54, 1.807) is 0 Å². The number of aromatic nitrogens is 1. The molecular formula is C15H24N2O. The summed E-state index contributed by atoms with van der Waals surface area (Å²) in [6.07, 6.45) is 7.93. The van der Waals surface area contributed by atoms with Gasteiger partial charge in [-0.1, -0.05) is 25.3 Å². The highest BCUT2D eigenvalue weighted by molar-refractivity contribution is 5.03. The van der Waals surface area contributed by atoms with Gasteiger partial charge in [-0.2, -0.15) is 0 Å². The molecule has 1 N–H and O–H groups in total. The maximum absolute atomic E-state index is 10.3. The maximum atomic E-state index is 10.3. The highest BCUT2D eigenvalue weighted by Gasteiger charge is 2.22. The van der Waals surface area contributed by atoms with Gasteiger partial charge in [-0.05, 0) is 37.9 Å². The summed E-state index contributed by atoms with van der Waals surface area (Å²) in [5.74, 6) is 0.505. The summed E-state index contributed by atoms with van der Waals surface area (Å²) in [4.78, 5) is 6.48. The molecule has 0 aliphatic heterocycles. The lowest BCUT2D eigenvalue weighted by atomic mass is 9.85. The van der Waals surface area contributed by atoms with Crippen molar-refractivity contribution in [3.63, 3.8) is 0 Å². The fraction of sp³-hybridized carbons (Fsp3) is 0.667. The molecule has 1 heterocycles. The molecule has 1 unspecified atom stereocenters. The van der Waals surface area contributed by atoms with Crippen molar-refractivity contribution in [1.82, 2.24) is 9.88 Å². The van der Waals surface area contributed by atoms with E-state index in [9.17, 15) is 5.11 Å². The Labute approximate surface area is 110 Å². The van der Waals surface area contributed by atoms with Crippen LogP contribution in [0.1, 0.15) is 37.8 Å². The molecule has 1 aliphatic carbocycles. The van der Waals surface area contributed by atoms with E-state index in [-0.39, 0.29) is 6.10 Å². The predicted molar refractivity (Wildman–Crippen MR) is 73.2 cm³/mol. The fourth-order valence-electron chi connectivity index (χ4n) is 2.82. The first-order valence-corrected chi connectivity index (χ1v) is 7.02. The van der Waals surface area contributed by atoms with Crippen molar-refractivity contribution in [1.29, 1.82) is 0 Å². The molecule has 1 aromatic heterocycles. The van der Waals surface area contributed by atoms with E-state index in [2.05, 4.69) is 16.9 Å². The number of pyridine rings is 1. The van der Waals surface area contributed by atoms with E-state index in [0.29, 0.717) is 5.92 Å². The summed E-state index contributed by atoms with van der Waals surface area (Å²) in [6.45, 7) is 1.56. The largest absolute Gasteiger partial charge is 0.392 e. The minimum absolute atomic E-state index is 0.181. The molecule has 0 aromatic carbocycles. The molecule has 3 nitrogen and oxygen atoms in total. The zero-order valence-electron chi connectivity index (χ0n) is 11.3. The van der Waals surface area contributed by atoms with Crippen molar-refractivity contribution in [3.05, 3.63) is 30.1 Å². The zero-order chi connectivity index (χ0) is 12.8. The van der Waals surface area contributed by atoms with Gasteiger partial charge in [0.05, 0.1) is 11.8 Å². The molecule has 100 valence electrons. The van der Waals surface area contributed by atoms with Crippen molar-refractivity contribution >= 4 is 0 Å². The van der Waals surface area contributed by atoms with E-state index in [0.717, 1.165) is 18.8 Å². The highest BCUT2D eigenvalue weighted by Crippen LogP contribution is 2.26. The average molecular weight is 248 g/mol. The lowest BCUT2D eigenvalue weighted by Crippen LogP contribution is -2.35. The molecule has 1 fully saturated rings. The molecule has 1 saturated carbocycles. The standard InChI is InChI=1S/C15H24N2O/c1-17(11-14-9-5-6-10-16-14)12-15(18)13-7-3-2-4-8-13/h5-6,9-10,13,15,18H,2-4,7-8,11-12H2,1H3. The SMILES string of the molecule is CN(Cc1ccccn1)CC(O)C1CCCCC1. The third-order valence-electron chi connectivity index (χ3n) is 3.85. The van der Waals surface area contributed by atoms with Gasteiger partial charge < -0.3 is 5.11 Å². The molecule has 1 atom stereocenters. The number of aliphatic hydroxyl groups is 1. The molecule has 0 radical (unpaired) electrons. The van der Waals surface area contributed by atoms with Crippen LogP contribution in [0.4, 0.5) is 0 Å². The Hall–Kier alpha value is -0.930. The molecular weight excluding hydrogens is 224 g/mol.